The first-order valence-corrected chi connectivity index (χ1v) is 9.49. The van der Waals surface area contributed by atoms with E-state index in [9.17, 15) is 4.79 Å². The Balaban J connectivity index is 0.00000450. The normalized spacial score (nSPS) is 11.5. The molecule has 2 N–H and O–H groups in total. The van der Waals surface area contributed by atoms with Gasteiger partial charge in [-0.2, -0.15) is 0 Å². The van der Waals surface area contributed by atoms with E-state index in [-0.39, 0.29) is 41.8 Å². The number of hydrogen-bond acceptors (Lipinski definition) is 5. The average molecular weight is 529 g/mol. The number of guanidine groups is 1. The molecule has 1 heterocycles. The Morgan fingerprint density at radius 1 is 1.20 bits per heavy atom. The lowest BCUT2D eigenvalue weighted by Gasteiger charge is -2.15. The molecule has 0 fully saturated rings. The molecule has 1 aromatic heterocycles. The molecule has 30 heavy (non-hydrogen) atoms. The number of oxazole rings is 1. The van der Waals surface area contributed by atoms with Gasteiger partial charge in [-0.3, -0.25) is 4.79 Å². The Morgan fingerprint density at radius 2 is 1.87 bits per heavy atom. The van der Waals surface area contributed by atoms with Crippen LogP contribution in [0.2, 0.25) is 0 Å². The predicted octanol–water partition coefficient (Wildman–Crippen LogP) is 2.92. The third-order valence-corrected chi connectivity index (χ3v) is 4.18. The fourth-order valence-corrected chi connectivity index (χ4v) is 2.29. The van der Waals surface area contributed by atoms with Gasteiger partial charge in [0, 0.05) is 19.5 Å². The molecule has 0 atom stereocenters. The summed E-state index contributed by atoms with van der Waals surface area (Å²) in [6.45, 7) is 7.16. The van der Waals surface area contributed by atoms with Gasteiger partial charge in [-0.05, 0) is 17.7 Å². The zero-order chi connectivity index (χ0) is 21.4. The monoisotopic (exact) mass is 529 g/mol. The Bertz CT molecular complexity index is 826. The number of rotatable bonds is 7. The number of halogens is 1. The lowest BCUT2D eigenvalue weighted by atomic mass is 9.94. The first kappa shape index (κ1) is 25.7. The van der Waals surface area contributed by atoms with Gasteiger partial charge >= 0.3 is 0 Å². The second-order valence-electron chi connectivity index (χ2n) is 7.88. The van der Waals surface area contributed by atoms with Gasteiger partial charge in [0.1, 0.15) is 11.5 Å². The van der Waals surface area contributed by atoms with Crippen molar-refractivity contribution in [1.29, 1.82) is 0 Å². The standard InChI is InChI=1S/C21H31N5O3.HI/c1-21(2,3)17-12-22-18(29-17)13-24-20(25-14-19(27)26(4)5)23-11-15-7-9-16(28-6)10-8-15;/h7-10,12H,11,13-14H2,1-6H3,(H2,23,24,25);1H. The van der Waals surface area contributed by atoms with Crippen molar-refractivity contribution >= 4 is 35.8 Å². The lowest BCUT2D eigenvalue weighted by Crippen LogP contribution is -2.42. The average Bonchev–Trinajstić information content (AvgIpc) is 3.17. The van der Waals surface area contributed by atoms with E-state index in [0.29, 0.717) is 24.9 Å². The Morgan fingerprint density at radius 3 is 2.40 bits per heavy atom. The van der Waals surface area contributed by atoms with Crippen molar-refractivity contribution in [3.05, 3.63) is 47.7 Å². The zero-order valence-corrected chi connectivity index (χ0v) is 20.8. The quantitative estimate of drug-likeness (QED) is 0.326. The number of methoxy groups -OCH3 is 1. The second kappa shape index (κ2) is 11.8. The van der Waals surface area contributed by atoms with Crippen molar-refractivity contribution in [1.82, 2.24) is 20.5 Å². The van der Waals surface area contributed by atoms with E-state index in [2.05, 4.69) is 41.4 Å². The van der Waals surface area contributed by atoms with E-state index in [1.165, 1.54) is 4.90 Å². The largest absolute Gasteiger partial charge is 0.497 e. The summed E-state index contributed by atoms with van der Waals surface area (Å²) in [7, 11) is 5.06. The number of nitrogens with zero attached hydrogens (tertiary/aromatic N) is 3. The number of carbonyl (C=O) groups excluding carboxylic acids is 1. The van der Waals surface area contributed by atoms with Crippen LogP contribution in [0.4, 0.5) is 0 Å². The highest BCUT2D eigenvalue weighted by Gasteiger charge is 2.19. The van der Waals surface area contributed by atoms with Crippen molar-refractivity contribution in [3.63, 3.8) is 0 Å². The minimum Gasteiger partial charge on any atom is -0.497 e. The topological polar surface area (TPSA) is 92.0 Å². The van der Waals surface area contributed by atoms with Crippen LogP contribution < -0.4 is 15.4 Å². The molecule has 0 saturated heterocycles. The van der Waals surface area contributed by atoms with Crippen LogP contribution >= 0.6 is 24.0 Å². The van der Waals surface area contributed by atoms with E-state index < -0.39 is 0 Å². The summed E-state index contributed by atoms with van der Waals surface area (Å²) in [5.41, 5.74) is 0.921. The summed E-state index contributed by atoms with van der Waals surface area (Å²) in [5, 5.41) is 6.23. The molecule has 9 heteroatoms. The first-order chi connectivity index (χ1) is 13.7. The van der Waals surface area contributed by atoms with E-state index in [4.69, 9.17) is 9.15 Å². The van der Waals surface area contributed by atoms with Crippen molar-refractivity contribution < 1.29 is 13.9 Å². The Kier molecular flexibility index (Phi) is 10.1. The third-order valence-electron chi connectivity index (χ3n) is 4.18. The maximum atomic E-state index is 11.9. The van der Waals surface area contributed by atoms with Crippen LogP contribution in [-0.2, 0) is 23.3 Å². The zero-order valence-electron chi connectivity index (χ0n) is 18.5. The van der Waals surface area contributed by atoms with Gasteiger partial charge in [0.2, 0.25) is 11.8 Å². The fraction of sp³-hybridized carbons (Fsp3) is 0.476. The highest BCUT2D eigenvalue weighted by molar-refractivity contribution is 14.0. The molecule has 0 saturated carbocycles. The number of benzene rings is 1. The molecule has 0 aliphatic carbocycles. The van der Waals surface area contributed by atoms with Crippen molar-refractivity contribution in [2.24, 2.45) is 4.99 Å². The summed E-state index contributed by atoms with van der Waals surface area (Å²) in [6.07, 6.45) is 1.74. The molecule has 0 spiro atoms. The van der Waals surface area contributed by atoms with Gasteiger partial charge in [0.15, 0.2) is 5.96 Å². The van der Waals surface area contributed by atoms with Gasteiger partial charge in [0.05, 0.1) is 32.9 Å². The Hall–Kier alpha value is -2.30. The van der Waals surface area contributed by atoms with Crippen molar-refractivity contribution in [2.75, 3.05) is 27.7 Å². The number of carbonyl (C=O) groups is 1. The number of aromatic nitrogens is 1. The number of likely N-dealkylation sites (N-methyl/N-ethyl adjacent to an activating group) is 1. The molecular weight excluding hydrogens is 497 g/mol. The van der Waals surface area contributed by atoms with Crippen LogP contribution in [0.15, 0.2) is 39.9 Å². The van der Waals surface area contributed by atoms with Crippen molar-refractivity contribution in [2.45, 2.75) is 39.3 Å². The summed E-state index contributed by atoms with van der Waals surface area (Å²) < 4.78 is 11.0. The van der Waals surface area contributed by atoms with E-state index in [1.54, 1.807) is 27.4 Å². The highest BCUT2D eigenvalue weighted by Crippen LogP contribution is 2.22. The number of ether oxygens (including phenoxy) is 1. The second-order valence-corrected chi connectivity index (χ2v) is 7.88. The molecular formula is C21H32IN5O3. The van der Waals surface area contributed by atoms with Gasteiger partial charge in [0.25, 0.3) is 0 Å². The summed E-state index contributed by atoms with van der Waals surface area (Å²) in [6, 6.07) is 7.69. The molecule has 1 aromatic carbocycles. The van der Waals surface area contributed by atoms with Crippen LogP contribution in [0, 0.1) is 0 Å². The van der Waals surface area contributed by atoms with Crippen LogP contribution in [0.1, 0.15) is 38.0 Å². The molecule has 1 amide bonds. The molecule has 0 unspecified atom stereocenters. The van der Waals surface area contributed by atoms with Crippen LogP contribution in [0.3, 0.4) is 0 Å². The smallest absolute Gasteiger partial charge is 0.241 e. The van der Waals surface area contributed by atoms with Gasteiger partial charge in [-0.15, -0.1) is 24.0 Å². The highest BCUT2D eigenvalue weighted by atomic mass is 127. The minimum atomic E-state index is -0.104. The maximum Gasteiger partial charge on any atom is 0.241 e. The summed E-state index contributed by atoms with van der Waals surface area (Å²) in [4.78, 5) is 22.3. The molecule has 166 valence electrons. The summed E-state index contributed by atoms with van der Waals surface area (Å²) in [5.74, 6) is 2.64. The SMILES string of the molecule is COc1ccc(CN=C(NCC(=O)N(C)C)NCc2ncc(C(C)(C)C)o2)cc1.I. The molecule has 0 aliphatic rings. The lowest BCUT2D eigenvalue weighted by molar-refractivity contribution is -0.127. The number of nitrogens with one attached hydrogen (secondary N) is 2. The van der Waals surface area contributed by atoms with E-state index in [1.807, 2.05) is 24.3 Å². The Labute approximate surface area is 195 Å². The minimum absolute atomic E-state index is 0. The molecule has 0 aliphatic heterocycles. The molecule has 0 radical (unpaired) electrons. The van der Waals surface area contributed by atoms with E-state index in [0.717, 1.165) is 17.1 Å². The maximum absolute atomic E-state index is 11.9. The fourth-order valence-electron chi connectivity index (χ4n) is 2.29. The van der Waals surface area contributed by atoms with Crippen LogP contribution in [-0.4, -0.2) is 49.5 Å². The molecule has 2 rings (SSSR count). The van der Waals surface area contributed by atoms with Crippen LogP contribution in [0.25, 0.3) is 0 Å². The molecule has 8 nitrogen and oxygen atoms in total. The molecule has 0 bridgehead atoms. The first-order valence-electron chi connectivity index (χ1n) is 9.49. The number of hydrogen-bond donors (Lipinski definition) is 2. The van der Waals surface area contributed by atoms with Crippen LogP contribution in [0.5, 0.6) is 5.75 Å². The third kappa shape index (κ3) is 8.21. The predicted molar refractivity (Wildman–Crippen MR) is 128 cm³/mol. The van der Waals surface area contributed by atoms with Gasteiger partial charge in [-0.25, -0.2) is 9.98 Å². The number of aliphatic imine (C=N–C) groups is 1. The summed E-state index contributed by atoms with van der Waals surface area (Å²) >= 11 is 0. The van der Waals surface area contributed by atoms with Gasteiger partial charge in [-0.1, -0.05) is 32.9 Å². The van der Waals surface area contributed by atoms with E-state index >= 15 is 0 Å². The molecule has 2 aromatic rings. The van der Waals surface area contributed by atoms with Gasteiger partial charge < -0.3 is 24.7 Å². The van der Waals surface area contributed by atoms with Crippen molar-refractivity contribution in [3.8, 4) is 5.75 Å². The number of amides is 1.